The van der Waals surface area contributed by atoms with Crippen LogP contribution in [0.3, 0.4) is 0 Å². The van der Waals surface area contributed by atoms with Gasteiger partial charge in [-0.25, -0.2) is 14.0 Å². The highest BCUT2D eigenvalue weighted by Crippen LogP contribution is 2.30. The van der Waals surface area contributed by atoms with E-state index < -0.39 is 12.0 Å². The van der Waals surface area contributed by atoms with Gasteiger partial charge in [0.1, 0.15) is 11.9 Å². The second-order valence-corrected chi connectivity index (χ2v) is 9.32. The van der Waals surface area contributed by atoms with E-state index in [1.165, 1.54) is 6.07 Å². The lowest BCUT2D eigenvalue weighted by atomic mass is 9.85. The normalized spacial score (nSPS) is 19.4. The molecule has 0 atom stereocenters. The molecule has 0 unspecified atom stereocenters. The number of amides is 3. The summed E-state index contributed by atoms with van der Waals surface area (Å²) < 4.78 is 19.4. The van der Waals surface area contributed by atoms with E-state index in [0.29, 0.717) is 49.3 Å². The van der Waals surface area contributed by atoms with Crippen molar-refractivity contribution in [2.75, 3.05) is 17.2 Å². The van der Waals surface area contributed by atoms with Gasteiger partial charge in [-0.3, -0.25) is 4.79 Å². The third kappa shape index (κ3) is 6.49. The highest BCUT2D eigenvalue weighted by molar-refractivity contribution is 5.99. The molecule has 1 aliphatic carbocycles. The Hall–Kier alpha value is -3.62. The van der Waals surface area contributed by atoms with Crippen LogP contribution in [-0.2, 0) is 22.5 Å². The lowest BCUT2D eigenvalue weighted by Gasteiger charge is -2.32. The molecule has 3 N–H and O–H groups in total. The van der Waals surface area contributed by atoms with E-state index >= 15 is 0 Å². The maximum atomic E-state index is 13.7. The molecule has 186 valence electrons. The molecule has 3 amide bonds. The van der Waals surface area contributed by atoms with Crippen molar-refractivity contribution >= 4 is 29.5 Å². The van der Waals surface area contributed by atoms with Gasteiger partial charge in [-0.15, -0.1) is 0 Å². The second-order valence-electron chi connectivity index (χ2n) is 9.32. The maximum Gasteiger partial charge on any atom is 0.410 e. The molecule has 1 fully saturated rings. The van der Waals surface area contributed by atoms with Crippen molar-refractivity contribution in [3.05, 3.63) is 58.9 Å². The maximum absolute atomic E-state index is 13.7. The van der Waals surface area contributed by atoms with Crippen molar-refractivity contribution < 1.29 is 28.6 Å². The van der Waals surface area contributed by atoms with Gasteiger partial charge in [0.2, 0.25) is 0 Å². The smallest absolute Gasteiger partial charge is 0.410 e. The van der Waals surface area contributed by atoms with Crippen molar-refractivity contribution in [3.63, 3.8) is 0 Å². The van der Waals surface area contributed by atoms with Crippen LogP contribution in [-0.4, -0.2) is 40.7 Å². The number of carbonyl (C=O) groups excluding carboxylic acids is 2. The SMILES string of the molecule is Cc1ccc(NC(=O)Nc2ccc3c(c2)CCN(C(=O)O[C@H]2CC[C@H](CC(=O)O)CC2)C3)cc1F. The fourth-order valence-electron chi connectivity index (χ4n) is 4.67. The Morgan fingerprint density at radius 1 is 1.03 bits per heavy atom. The summed E-state index contributed by atoms with van der Waals surface area (Å²) in [6, 6.07) is 9.59. The van der Waals surface area contributed by atoms with Crippen molar-refractivity contribution in [3.8, 4) is 0 Å². The van der Waals surface area contributed by atoms with Crippen molar-refractivity contribution in [1.29, 1.82) is 0 Å². The third-order valence-electron chi connectivity index (χ3n) is 6.69. The highest BCUT2D eigenvalue weighted by atomic mass is 19.1. The Labute approximate surface area is 203 Å². The number of anilines is 2. The number of aliphatic carboxylic acids is 1. The monoisotopic (exact) mass is 483 g/mol. The average Bonchev–Trinajstić information content (AvgIpc) is 2.82. The van der Waals surface area contributed by atoms with Crippen LogP contribution in [0.1, 0.15) is 48.8 Å². The first-order valence-corrected chi connectivity index (χ1v) is 11.9. The standard InChI is InChI=1S/C26H30FN3O5/c1-16-2-6-21(14-23(16)27)29-25(33)28-20-7-5-19-15-30(11-10-18(19)13-20)26(34)35-22-8-3-17(4-9-22)12-24(31)32/h2,5-7,13-14,17,22H,3-4,8-12,15H2,1H3,(H,31,32)(H2,28,29,33)/t17-,22-. The van der Waals surface area contributed by atoms with Gasteiger partial charge < -0.3 is 25.4 Å². The molecular weight excluding hydrogens is 453 g/mol. The van der Waals surface area contributed by atoms with Crippen LogP contribution in [0.5, 0.6) is 0 Å². The number of aryl methyl sites for hydroxylation is 1. The van der Waals surface area contributed by atoms with E-state index in [-0.39, 0.29) is 30.4 Å². The van der Waals surface area contributed by atoms with Crippen LogP contribution in [0.25, 0.3) is 0 Å². The second kappa shape index (κ2) is 10.8. The minimum atomic E-state index is -0.780. The number of carboxylic acids is 1. The third-order valence-corrected chi connectivity index (χ3v) is 6.69. The Morgan fingerprint density at radius 2 is 1.71 bits per heavy atom. The van der Waals surface area contributed by atoms with Crippen LogP contribution in [0.15, 0.2) is 36.4 Å². The fourth-order valence-corrected chi connectivity index (χ4v) is 4.67. The molecule has 0 spiro atoms. The van der Waals surface area contributed by atoms with Crippen molar-refractivity contribution in [2.24, 2.45) is 5.92 Å². The van der Waals surface area contributed by atoms with E-state index in [0.717, 1.165) is 24.0 Å². The number of fused-ring (bicyclic) bond motifs is 1. The summed E-state index contributed by atoms with van der Waals surface area (Å²) in [7, 11) is 0. The van der Waals surface area contributed by atoms with Gasteiger partial charge >= 0.3 is 18.1 Å². The number of benzene rings is 2. The predicted molar refractivity (Wildman–Crippen MR) is 129 cm³/mol. The number of urea groups is 1. The summed E-state index contributed by atoms with van der Waals surface area (Å²) in [5, 5.41) is 14.3. The molecular formula is C26H30FN3O5. The van der Waals surface area contributed by atoms with E-state index in [9.17, 15) is 18.8 Å². The van der Waals surface area contributed by atoms with E-state index in [1.807, 2.05) is 12.1 Å². The first-order valence-electron chi connectivity index (χ1n) is 11.9. The summed E-state index contributed by atoms with van der Waals surface area (Å²) in [5.41, 5.74) is 3.52. The zero-order valence-electron chi connectivity index (χ0n) is 19.7. The molecule has 4 rings (SSSR count). The number of halogens is 1. The molecule has 0 aromatic heterocycles. The largest absolute Gasteiger partial charge is 0.481 e. The van der Waals surface area contributed by atoms with Gasteiger partial charge in [0.25, 0.3) is 0 Å². The van der Waals surface area contributed by atoms with Crippen LogP contribution >= 0.6 is 0 Å². The van der Waals surface area contributed by atoms with Gasteiger partial charge in [0.15, 0.2) is 0 Å². The molecule has 8 nitrogen and oxygen atoms in total. The van der Waals surface area contributed by atoms with Crippen molar-refractivity contribution in [1.82, 2.24) is 4.90 Å². The Kier molecular flexibility index (Phi) is 7.53. The summed E-state index contributed by atoms with van der Waals surface area (Å²) in [5.74, 6) is -1.00. The average molecular weight is 484 g/mol. The molecule has 1 heterocycles. The molecule has 2 aromatic carbocycles. The Morgan fingerprint density at radius 3 is 2.40 bits per heavy atom. The molecule has 1 saturated carbocycles. The number of nitrogens with one attached hydrogen (secondary N) is 2. The topological polar surface area (TPSA) is 108 Å². The minimum Gasteiger partial charge on any atom is -0.481 e. The Balaban J connectivity index is 1.27. The number of carbonyl (C=O) groups is 3. The fraction of sp³-hybridized carbons (Fsp3) is 0.423. The van der Waals surface area contributed by atoms with E-state index in [1.54, 1.807) is 30.0 Å². The molecule has 0 radical (unpaired) electrons. The number of carboxylic acid groups (broad SMARTS) is 1. The van der Waals surface area contributed by atoms with E-state index in [2.05, 4.69) is 10.6 Å². The van der Waals surface area contributed by atoms with Crippen molar-refractivity contribution in [2.45, 2.75) is 58.1 Å². The van der Waals surface area contributed by atoms with Gasteiger partial charge in [-0.2, -0.15) is 0 Å². The van der Waals surface area contributed by atoms with Gasteiger partial charge in [0, 0.05) is 30.9 Å². The van der Waals surface area contributed by atoms with Crippen LogP contribution < -0.4 is 10.6 Å². The molecule has 0 bridgehead atoms. The molecule has 2 aromatic rings. The Bertz CT molecular complexity index is 1110. The summed E-state index contributed by atoms with van der Waals surface area (Å²) in [4.78, 5) is 37.5. The number of rotatable bonds is 5. The minimum absolute atomic E-state index is 0.159. The lowest BCUT2D eigenvalue weighted by Crippen LogP contribution is -2.39. The molecule has 0 saturated heterocycles. The number of nitrogens with zero attached hydrogens (tertiary/aromatic N) is 1. The number of hydrogen-bond donors (Lipinski definition) is 3. The first-order chi connectivity index (χ1) is 16.8. The molecule has 9 heteroatoms. The molecule has 35 heavy (non-hydrogen) atoms. The summed E-state index contributed by atoms with van der Waals surface area (Å²) in [6.45, 7) is 2.60. The van der Waals surface area contributed by atoms with Crippen LogP contribution in [0.4, 0.5) is 25.4 Å². The summed E-state index contributed by atoms with van der Waals surface area (Å²) >= 11 is 0. The zero-order chi connectivity index (χ0) is 24.9. The predicted octanol–water partition coefficient (Wildman–Crippen LogP) is 5.31. The first kappa shape index (κ1) is 24.5. The number of ether oxygens (including phenoxy) is 1. The summed E-state index contributed by atoms with van der Waals surface area (Å²) in [6.07, 6.45) is 3.21. The van der Waals surface area contributed by atoms with E-state index in [4.69, 9.17) is 9.84 Å². The molecule has 1 aliphatic heterocycles. The molecule has 2 aliphatic rings. The van der Waals surface area contributed by atoms with Crippen LogP contribution in [0.2, 0.25) is 0 Å². The number of hydrogen-bond acceptors (Lipinski definition) is 4. The van der Waals surface area contributed by atoms with Gasteiger partial charge in [-0.1, -0.05) is 12.1 Å². The zero-order valence-corrected chi connectivity index (χ0v) is 19.7. The van der Waals surface area contributed by atoms with Crippen LogP contribution in [0, 0.1) is 18.7 Å². The lowest BCUT2D eigenvalue weighted by molar-refractivity contribution is -0.138. The highest BCUT2D eigenvalue weighted by Gasteiger charge is 2.28. The van der Waals surface area contributed by atoms with Gasteiger partial charge in [0.05, 0.1) is 0 Å². The van der Waals surface area contributed by atoms with Gasteiger partial charge in [-0.05, 0) is 85.9 Å². The quantitative estimate of drug-likeness (QED) is 0.534.